The van der Waals surface area contributed by atoms with E-state index in [-0.39, 0.29) is 5.41 Å². The molecular weight excluding hydrogens is 230 g/mol. The van der Waals surface area contributed by atoms with E-state index in [0.717, 1.165) is 16.9 Å². The molecule has 18 heavy (non-hydrogen) atoms. The molecule has 0 spiro atoms. The zero-order valence-electron chi connectivity index (χ0n) is 11.0. The highest BCUT2D eigenvalue weighted by Crippen LogP contribution is 2.24. The van der Waals surface area contributed by atoms with Gasteiger partial charge in [0, 0.05) is 11.1 Å². The molecule has 0 saturated carbocycles. The fraction of sp³-hybridized carbons (Fsp3) is 0.385. The molecule has 1 aromatic heterocycles. The molecule has 1 aromatic carbocycles. The fourth-order valence-electron chi connectivity index (χ4n) is 1.61. The van der Waals surface area contributed by atoms with Crippen LogP contribution in [0, 0.1) is 0 Å². The molecule has 2 aromatic rings. The quantitative estimate of drug-likeness (QED) is 0.813. The molecule has 0 atom stereocenters. The van der Waals surface area contributed by atoms with Crippen LogP contribution in [-0.4, -0.2) is 23.2 Å². The number of benzene rings is 1. The molecule has 0 saturated heterocycles. The Morgan fingerprint density at radius 2 is 2.11 bits per heavy atom. The lowest BCUT2D eigenvalue weighted by molar-refractivity contribution is 0.187. The zero-order valence-corrected chi connectivity index (χ0v) is 11.0. The smallest absolute Gasteiger partial charge is 0.411 e. The molecule has 0 unspecified atom stereocenters. The van der Waals surface area contributed by atoms with Crippen LogP contribution in [0.3, 0.4) is 0 Å². The molecular formula is C13H17N3O2. The minimum Gasteiger partial charge on any atom is -0.453 e. The van der Waals surface area contributed by atoms with Gasteiger partial charge < -0.3 is 9.72 Å². The number of nitrogens with zero attached hydrogens (tertiary/aromatic N) is 1. The highest BCUT2D eigenvalue weighted by atomic mass is 16.5. The van der Waals surface area contributed by atoms with Crippen LogP contribution < -0.4 is 5.32 Å². The number of ether oxygens (including phenoxy) is 1. The number of aromatic amines is 1. The molecule has 0 fully saturated rings. The minimum absolute atomic E-state index is 0.0328. The van der Waals surface area contributed by atoms with Gasteiger partial charge in [-0.05, 0) is 18.2 Å². The maximum Gasteiger partial charge on any atom is 0.411 e. The first-order valence-electron chi connectivity index (χ1n) is 5.75. The summed E-state index contributed by atoms with van der Waals surface area (Å²) in [5, 5.41) is 2.62. The van der Waals surface area contributed by atoms with Crippen molar-refractivity contribution in [2.45, 2.75) is 26.2 Å². The maximum atomic E-state index is 11.1. The number of rotatable bonds is 1. The minimum atomic E-state index is -0.485. The summed E-state index contributed by atoms with van der Waals surface area (Å²) in [6.07, 6.45) is -0.485. The van der Waals surface area contributed by atoms with Gasteiger partial charge in [-0.2, -0.15) is 0 Å². The SMILES string of the molecule is COC(=O)Nc1ccc2[nH]c(C(C)(C)C)nc2c1. The van der Waals surface area contributed by atoms with Crippen LogP contribution in [0.25, 0.3) is 11.0 Å². The first kappa shape index (κ1) is 12.4. The lowest BCUT2D eigenvalue weighted by atomic mass is 9.96. The number of H-pyrrole nitrogens is 1. The Hall–Kier alpha value is -2.04. The second-order valence-corrected chi connectivity index (χ2v) is 5.18. The van der Waals surface area contributed by atoms with E-state index in [0.29, 0.717) is 5.69 Å². The number of hydrogen-bond acceptors (Lipinski definition) is 3. The number of aromatic nitrogens is 2. The number of carbonyl (C=O) groups is 1. The summed E-state index contributed by atoms with van der Waals surface area (Å²) in [6, 6.07) is 5.52. The molecule has 2 rings (SSSR count). The van der Waals surface area contributed by atoms with Gasteiger partial charge in [0.15, 0.2) is 0 Å². The van der Waals surface area contributed by atoms with Crippen molar-refractivity contribution in [3.8, 4) is 0 Å². The summed E-state index contributed by atoms with van der Waals surface area (Å²) in [5.74, 6) is 0.924. The van der Waals surface area contributed by atoms with Gasteiger partial charge in [0.1, 0.15) is 5.82 Å². The van der Waals surface area contributed by atoms with Crippen LogP contribution in [-0.2, 0) is 10.2 Å². The molecule has 0 aliphatic rings. The molecule has 5 nitrogen and oxygen atoms in total. The number of imidazole rings is 1. The van der Waals surface area contributed by atoms with Crippen LogP contribution in [0.1, 0.15) is 26.6 Å². The number of hydrogen-bond donors (Lipinski definition) is 2. The number of methoxy groups -OCH3 is 1. The number of amides is 1. The van der Waals surface area contributed by atoms with Crippen LogP contribution >= 0.6 is 0 Å². The molecule has 0 radical (unpaired) electrons. The van der Waals surface area contributed by atoms with Gasteiger partial charge in [-0.3, -0.25) is 5.32 Å². The van der Waals surface area contributed by atoms with Crippen LogP contribution in [0.2, 0.25) is 0 Å². The summed E-state index contributed by atoms with van der Waals surface area (Å²) in [6.45, 7) is 6.29. The molecule has 5 heteroatoms. The van der Waals surface area contributed by atoms with E-state index in [1.165, 1.54) is 7.11 Å². The summed E-state index contributed by atoms with van der Waals surface area (Å²) in [7, 11) is 1.33. The van der Waals surface area contributed by atoms with Crippen LogP contribution in [0.4, 0.5) is 10.5 Å². The number of fused-ring (bicyclic) bond motifs is 1. The molecule has 1 heterocycles. The van der Waals surface area contributed by atoms with Gasteiger partial charge in [0.25, 0.3) is 0 Å². The van der Waals surface area contributed by atoms with Gasteiger partial charge in [-0.15, -0.1) is 0 Å². The van der Waals surface area contributed by atoms with Crippen molar-refractivity contribution < 1.29 is 9.53 Å². The van der Waals surface area contributed by atoms with E-state index in [1.807, 2.05) is 18.2 Å². The van der Waals surface area contributed by atoms with Crippen molar-refractivity contribution in [1.82, 2.24) is 9.97 Å². The van der Waals surface area contributed by atoms with Crippen molar-refractivity contribution in [1.29, 1.82) is 0 Å². The predicted molar refractivity (Wildman–Crippen MR) is 70.8 cm³/mol. The van der Waals surface area contributed by atoms with Crippen molar-refractivity contribution in [2.24, 2.45) is 0 Å². The number of nitrogens with one attached hydrogen (secondary N) is 2. The van der Waals surface area contributed by atoms with E-state index in [4.69, 9.17) is 0 Å². The van der Waals surface area contributed by atoms with Gasteiger partial charge in [0.2, 0.25) is 0 Å². The van der Waals surface area contributed by atoms with Gasteiger partial charge in [-0.25, -0.2) is 9.78 Å². The molecule has 2 N–H and O–H groups in total. The third-order valence-electron chi connectivity index (χ3n) is 2.63. The second kappa shape index (κ2) is 4.33. The summed E-state index contributed by atoms with van der Waals surface area (Å²) in [5.41, 5.74) is 2.42. The van der Waals surface area contributed by atoms with Crippen molar-refractivity contribution in [2.75, 3.05) is 12.4 Å². The largest absolute Gasteiger partial charge is 0.453 e. The topological polar surface area (TPSA) is 67.0 Å². The standard InChI is InChI=1S/C13H17N3O2/c1-13(2,3)11-15-9-6-5-8(7-10(9)16-11)14-12(17)18-4/h5-7H,1-4H3,(H,14,17)(H,15,16). The molecule has 96 valence electrons. The Labute approximate surface area is 106 Å². The third-order valence-corrected chi connectivity index (χ3v) is 2.63. The van der Waals surface area contributed by atoms with E-state index >= 15 is 0 Å². The van der Waals surface area contributed by atoms with Gasteiger partial charge in [-0.1, -0.05) is 20.8 Å². The van der Waals surface area contributed by atoms with E-state index < -0.39 is 6.09 Å². The average molecular weight is 247 g/mol. The van der Waals surface area contributed by atoms with Crippen molar-refractivity contribution in [3.63, 3.8) is 0 Å². The first-order chi connectivity index (χ1) is 8.40. The van der Waals surface area contributed by atoms with E-state index in [1.54, 1.807) is 0 Å². The second-order valence-electron chi connectivity index (χ2n) is 5.18. The lowest BCUT2D eigenvalue weighted by Gasteiger charge is -2.13. The van der Waals surface area contributed by atoms with Crippen LogP contribution in [0.15, 0.2) is 18.2 Å². The van der Waals surface area contributed by atoms with E-state index in [9.17, 15) is 4.79 Å². The Bertz CT molecular complexity index is 581. The summed E-state index contributed by atoms with van der Waals surface area (Å²) in [4.78, 5) is 18.9. The molecule has 0 aliphatic carbocycles. The van der Waals surface area contributed by atoms with Crippen LogP contribution in [0.5, 0.6) is 0 Å². The molecule has 1 amide bonds. The maximum absolute atomic E-state index is 11.1. The lowest BCUT2D eigenvalue weighted by Crippen LogP contribution is -2.12. The highest BCUT2D eigenvalue weighted by Gasteiger charge is 2.18. The summed E-state index contributed by atoms with van der Waals surface area (Å²) < 4.78 is 4.55. The van der Waals surface area contributed by atoms with Crippen molar-refractivity contribution >= 4 is 22.8 Å². The number of anilines is 1. The highest BCUT2D eigenvalue weighted by molar-refractivity contribution is 5.88. The molecule has 0 aliphatic heterocycles. The molecule has 0 bridgehead atoms. The first-order valence-corrected chi connectivity index (χ1v) is 5.75. The summed E-state index contributed by atoms with van der Waals surface area (Å²) >= 11 is 0. The predicted octanol–water partition coefficient (Wildman–Crippen LogP) is 3.04. The van der Waals surface area contributed by atoms with E-state index in [2.05, 4.69) is 40.8 Å². The monoisotopic (exact) mass is 247 g/mol. The Kier molecular flexibility index (Phi) is 2.98. The van der Waals surface area contributed by atoms with Crippen molar-refractivity contribution in [3.05, 3.63) is 24.0 Å². The Morgan fingerprint density at radius 3 is 2.72 bits per heavy atom. The fourth-order valence-corrected chi connectivity index (χ4v) is 1.61. The number of carbonyl (C=O) groups excluding carboxylic acids is 1. The average Bonchev–Trinajstić information content (AvgIpc) is 2.71. The third kappa shape index (κ3) is 2.45. The zero-order chi connectivity index (χ0) is 13.3. The van der Waals surface area contributed by atoms with Gasteiger partial charge >= 0.3 is 6.09 Å². The van der Waals surface area contributed by atoms with Gasteiger partial charge in [0.05, 0.1) is 18.1 Å². The Balaban J connectivity index is 2.37. The normalized spacial score (nSPS) is 11.6. The Morgan fingerprint density at radius 1 is 1.39 bits per heavy atom.